The zero-order valence-electron chi connectivity index (χ0n) is 10.1. The average Bonchev–Trinajstić information content (AvgIpc) is 2.35. The fourth-order valence-corrected chi connectivity index (χ4v) is 1.50. The van der Waals surface area contributed by atoms with Crippen molar-refractivity contribution >= 4 is 0 Å². The Hall–Kier alpha value is -0.820. The first-order chi connectivity index (χ1) is 8.47. The van der Waals surface area contributed by atoms with Gasteiger partial charge in [0, 0.05) is 0 Å². The molecule has 0 aromatic rings. The molecular formula is C11H17F4NO2. The minimum absolute atomic E-state index is 0.134. The molecule has 0 saturated carbocycles. The molecule has 0 spiro atoms. The zero-order valence-corrected chi connectivity index (χ0v) is 10.1. The first-order valence-electron chi connectivity index (χ1n) is 5.71. The standard InChI is InChI=1S/C11H17F4NO2/c1-16-8(9-4-2-3-5-18-9)6-17-7-11(14,15)10(12)13/h4,8,10,16H,2-3,5-7H2,1H3. The van der Waals surface area contributed by atoms with Crippen molar-refractivity contribution < 1.29 is 27.0 Å². The number of nitrogens with one attached hydrogen (secondary N) is 1. The maximum atomic E-state index is 12.6. The van der Waals surface area contributed by atoms with Gasteiger partial charge in [-0.3, -0.25) is 0 Å². The number of alkyl halides is 4. The van der Waals surface area contributed by atoms with Crippen LogP contribution in [0.1, 0.15) is 12.8 Å². The highest BCUT2D eigenvalue weighted by atomic mass is 19.3. The molecular weight excluding hydrogens is 254 g/mol. The van der Waals surface area contributed by atoms with Gasteiger partial charge in [-0.2, -0.15) is 8.78 Å². The van der Waals surface area contributed by atoms with Crippen molar-refractivity contribution in [1.29, 1.82) is 0 Å². The van der Waals surface area contributed by atoms with Gasteiger partial charge in [-0.25, -0.2) is 8.78 Å². The van der Waals surface area contributed by atoms with Crippen LogP contribution in [0.25, 0.3) is 0 Å². The van der Waals surface area contributed by atoms with Gasteiger partial charge >= 0.3 is 12.3 Å². The van der Waals surface area contributed by atoms with E-state index >= 15 is 0 Å². The Morgan fingerprint density at radius 2 is 2.22 bits per heavy atom. The van der Waals surface area contributed by atoms with Crippen LogP contribution in [0, 0.1) is 0 Å². The molecule has 3 nitrogen and oxygen atoms in total. The molecule has 1 aliphatic heterocycles. The lowest BCUT2D eigenvalue weighted by atomic mass is 10.1. The van der Waals surface area contributed by atoms with Gasteiger partial charge < -0.3 is 14.8 Å². The van der Waals surface area contributed by atoms with E-state index < -0.39 is 25.0 Å². The summed E-state index contributed by atoms with van der Waals surface area (Å²) in [6, 6.07) is -0.390. The minimum Gasteiger partial charge on any atom is -0.497 e. The van der Waals surface area contributed by atoms with Crippen LogP contribution in [0.2, 0.25) is 0 Å². The first kappa shape index (κ1) is 15.2. The number of allylic oxidation sites excluding steroid dienone is 1. The van der Waals surface area contributed by atoms with Gasteiger partial charge in [0.15, 0.2) is 0 Å². The van der Waals surface area contributed by atoms with Crippen LogP contribution in [-0.4, -0.2) is 45.3 Å². The zero-order chi connectivity index (χ0) is 13.6. The molecule has 0 saturated heterocycles. The normalized spacial score (nSPS) is 18.4. The van der Waals surface area contributed by atoms with E-state index in [0.29, 0.717) is 12.4 Å². The third-order valence-corrected chi connectivity index (χ3v) is 2.55. The summed E-state index contributed by atoms with van der Waals surface area (Å²) in [5.41, 5.74) is 0. The Bertz CT molecular complexity index is 284. The maximum Gasteiger partial charge on any atom is 0.330 e. The van der Waals surface area contributed by atoms with Crippen LogP contribution >= 0.6 is 0 Å². The fourth-order valence-electron chi connectivity index (χ4n) is 1.50. The van der Waals surface area contributed by atoms with E-state index in [0.717, 1.165) is 12.8 Å². The highest BCUT2D eigenvalue weighted by Crippen LogP contribution is 2.23. The molecule has 7 heteroatoms. The maximum absolute atomic E-state index is 12.6. The van der Waals surface area contributed by atoms with E-state index in [9.17, 15) is 17.6 Å². The number of hydrogen-bond acceptors (Lipinski definition) is 3. The lowest BCUT2D eigenvalue weighted by Crippen LogP contribution is -2.38. The molecule has 0 aromatic carbocycles. The van der Waals surface area contributed by atoms with Gasteiger partial charge in [-0.05, 0) is 26.0 Å². The van der Waals surface area contributed by atoms with Crippen molar-refractivity contribution in [2.75, 3.05) is 26.9 Å². The summed E-state index contributed by atoms with van der Waals surface area (Å²) in [5, 5.41) is 2.84. The van der Waals surface area contributed by atoms with Gasteiger partial charge in [-0.15, -0.1) is 0 Å². The van der Waals surface area contributed by atoms with E-state index in [2.05, 4.69) is 10.1 Å². The van der Waals surface area contributed by atoms with Crippen molar-refractivity contribution in [2.24, 2.45) is 0 Å². The molecule has 1 aliphatic rings. The Morgan fingerprint density at radius 3 is 2.72 bits per heavy atom. The Kier molecular flexibility index (Phi) is 5.87. The molecule has 1 heterocycles. The van der Waals surface area contributed by atoms with Gasteiger partial charge in [0.05, 0.1) is 19.3 Å². The Balaban J connectivity index is 2.38. The van der Waals surface area contributed by atoms with Crippen LogP contribution < -0.4 is 5.32 Å². The van der Waals surface area contributed by atoms with Crippen molar-refractivity contribution in [2.45, 2.75) is 31.2 Å². The summed E-state index contributed by atoms with van der Waals surface area (Å²) in [5.74, 6) is -3.50. The van der Waals surface area contributed by atoms with E-state index in [1.165, 1.54) is 0 Å². The molecule has 1 N–H and O–H groups in total. The monoisotopic (exact) mass is 271 g/mol. The molecule has 0 aliphatic carbocycles. The second-order valence-corrected chi connectivity index (χ2v) is 4.02. The summed E-state index contributed by atoms with van der Waals surface area (Å²) in [4.78, 5) is 0. The molecule has 0 amide bonds. The predicted octanol–water partition coefficient (Wildman–Crippen LogP) is 2.19. The summed E-state index contributed by atoms with van der Waals surface area (Å²) in [6.45, 7) is -0.863. The Labute approximate surface area is 103 Å². The summed E-state index contributed by atoms with van der Waals surface area (Å²) in [6.07, 6.45) is -0.111. The van der Waals surface area contributed by atoms with E-state index in [1.807, 2.05) is 6.08 Å². The molecule has 1 rings (SSSR count). The average molecular weight is 271 g/mol. The SMILES string of the molecule is CNC(COCC(F)(F)C(F)F)C1=CCCCO1. The topological polar surface area (TPSA) is 30.5 Å². The second-order valence-electron chi connectivity index (χ2n) is 4.02. The second kappa shape index (κ2) is 6.94. The van der Waals surface area contributed by atoms with E-state index in [1.54, 1.807) is 7.05 Å². The molecule has 0 aromatic heterocycles. The fraction of sp³-hybridized carbons (Fsp3) is 0.818. The highest BCUT2D eigenvalue weighted by molar-refractivity contribution is 5.05. The summed E-state index contributed by atoms with van der Waals surface area (Å²) < 4.78 is 59.0. The van der Waals surface area contributed by atoms with Crippen LogP contribution in [-0.2, 0) is 9.47 Å². The highest BCUT2D eigenvalue weighted by Gasteiger charge is 2.41. The van der Waals surface area contributed by atoms with E-state index in [4.69, 9.17) is 4.74 Å². The Morgan fingerprint density at radius 1 is 1.50 bits per heavy atom. The van der Waals surface area contributed by atoms with Gasteiger partial charge in [0.2, 0.25) is 0 Å². The number of halogens is 4. The van der Waals surface area contributed by atoms with Crippen molar-refractivity contribution in [3.8, 4) is 0 Å². The predicted molar refractivity (Wildman–Crippen MR) is 57.9 cm³/mol. The molecule has 1 atom stereocenters. The third-order valence-electron chi connectivity index (χ3n) is 2.55. The van der Waals surface area contributed by atoms with Crippen molar-refractivity contribution in [3.05, 3.63) is 11.8 Å². The molecule has 1 unspecified atom stereocenters. The molecule has 0 fully saturated rings. The molecule has 0 bridgehead atoms. The number of likely N-dealkylation sites (N-methyl/N-ethyl adjacent to an activating group) is 1. The molecule has 0 radical (unpaired) electrons. The molecule has 106 valence electrons. The van der Waals surface area contributed by atoms with Crippen LogP contribution in [0.5, 0.6) is 0 Å². The first-order valence-corrected chi connectivity index (χ1v) is 5.71. The van der Waals surface area contributed by atoms with Crippen LogP contribution in [0.3, 0.4) is 0 Å². The lowest BCUT2D eigenvalue weighted by molar-refractivity contribution is -0.167. The smallest absolute Gasteiger partial charge is 0.330 e. The van der Waals surface area contributed by atoms with Crippen molar-refractivity contribution in [1.82, 2.24) is 5.32 Å². The number of rotatable bonds is 7. The molecule has 18 heavy (non-hydrogen) atoms. The number of ether oxygens (including phenoxy) is 2. The summed E-state index contributed by atoms with van der Waals surface area (Å²) >= 11 is 0. The van der Waals surface area contributed by atoms with Crippen molar-refractivity contribution in [3.63, 3.8) is 0 Å². The lowest BCUT2D eigenvalue weighted by Gasteiger charge is -2.24. The van der Waals surface area contributed by atoms with Gasteiger partial charge in [0.1, 0.15) is 12.4 Å². The minimum atomic E-state index is -4.11. The third kappa shape index (κ3) is 4.45. The van der Waals surface area contributed by atoms with E-state index in [-0.39, 0.29) is 6.61 Å². The van der Waals surface area contributed by atoms with Crippen LogP contribution in [0.4, 0.5) is 17.6 Å². The summed E-state index contributed by atoms with van der Waals surface area (Å²) in [7, 11) is 1.62. The van der Waals surface area contributed by atoms with Gasteiger partial charge in [0.25, 0.3) is 0 Å². The van der Waals surface area contributed by atoms with Gasteiger partial charge in [-0.1, -0.05) is 0 Å². The largest absolute Gasteiger partial charge is 0.497 e. The quantitative estimate of drug-likeness (QED) is 0.720. The number of hydrogen-bond donors (Lipinski definition) is 1. The van der Waals surface area contributed by atoms with Crippen LogP contribution in [0.15, 0.2) is 11.8 Å².